The molecule has 1 fully saturated rings. The highest BCUT2D eigenvalue weighted by Crippen LogP contribution is 2.35. The van der Waals surface area contributed by atoms with E-state index < -0.39 is 23.6 Å². The van der Waals surface area contributed by atoms with Gasteiger partial charge in [0.2, 0.25) is 0 Å². The Morgan fingerprint density at radius 2 is 1.86 bits per heavy atom. The number of hydrogen-bond acceptors (Lipinski definition) is 3. The van der Waals surface area contributed by atoms with Gasteiger partial charge in [0, 0.05) is 17.7 Å². The van der Waals surface area contributed by atoms with E-state index in [2.05, 4.69) is 0 Å². The van der Waals surface area contributed by atoms with Crippen molar-refractivity contribution in [1.82, 2.24) is 0 Å². The van der Waals surface area contributed by atoms with Gasteiger partial charge in [0.1, 0.15) is 0 Å². The quantitative estimate of drug-likeness (QED) is 0.486. The summed E-state index contributed by atoms with van der Waals surface area (Å²) in [7, 11) is 0. The third-order valence-electron chi connectivity index (χ3n) is 5.09. The molecule has 0 saturated carbocycles. The topological polar surface area (TPSA) is 27.7 Å². The van der Waals surface area contributed by atoms with E-state index in [4.69, 9.17) is 14.2 Å². The maximum atomic E-state index is 14.8. The molecule has 158 valence electrons. The molecular weight excluding hydrogens is 381 g/mol. The number of unbranched alkanes of at least 4 members (excludes halogenated alkanes) is 1. The maximum absolute atomic E-state index is 14.8. The standard InChI is InChI=1S/C23H27F3O3/c1-3-5-12-28-21-10-6-15(13-19(21)24)17-8-9-18(23(26)22(17)25)20-11-7-16(14-29-20)27-4-2/h6,8-10,13,16,20H,3-5,7,11-12,14H2,1-2H3. The van der Waals surface area contributed by atoms with Crippen LogP contribution in [0.25, 0.3) is 11.1 Å². The molecule has 0 aromatic heterocycles. The fourth-order valence-electron chi connectivity index (χ4n) is 3.49. The molecule has 2 aromatic rings. The highest BCUT2D eigenvalue weighted by Gasteiger charge is 2.27. The largest absolute Gasteiger partial charge is 0.491 e. The molecule has 0 bridgehead atoms. The van der Waals surface area contributed by atoms with Gasteiger partial charge >= 0.3 is 0 Å². The molecular formula is C23H27F3O3. The van der Waals surface area contributed by atoms with Crippen molar-refractivity contribution < 1.29 is 27.4 Å². The zero-order valence-corrected chi connectivity index (χ0v) is 16.8. The van der Waals surface area contributed by atoms with Crippen molar-refractivity contribution in [2.75, 3.05) is 19.8 Å². The van der Waals surface area contributed by atoms with Gasteiger partial charge in [0.15, 0.2) is 23.2 Å². The summed E-state index contributed by atoms with van der Waals surface area (Å²) in [6, 6.07) is 7.14. The highest BCUT2D eigenvalue weighted by atomic mass is 19.2. The van der Waals surface area contributed by atoms with E-state index in [0.29, 0.717) is 26.2 Å². The molecule has 2 unspecified atom stereocenters. The molecule has 1 aliphatic rings. The molecule has 29 heavy (non-hydrogen) atoms. The lowest BCUT2D eigenvalue weighted by Crippen LogP contribution is -2.28. The van der Waals surface area contributed by atoms with Crippen LogP contribution in [0.1, 0.15) is 51.2 Å². The molecule has 0 spiro atoms. The van der Waals surface area contributed by atoms with E-state index in [1.807, 2.05) is 13.8 Å². The molecule has 0 amide bonds. The molecule has 0 aliphatic carbocycles. The molecule has 1 saturated heterocycles. The molecule has 3 nitrogen and oxygen atoms in total. The first-order valence-electron chi connectivity index (χ1n) is 10.2. The number of halogens is 3. The summed E-state index contributed by atoms with van der Waals surface area (Å²) in [5, 5.41) is 0. The van der Waals surface area contributed by atoms with E-state index >= 15 is 0 Å². The third-order valence-corrected chi connectivity index (χ3v) is 5.09. The van der Waals surface area contributed by atoms with E-state index in [1.165, 1.54) is 30.3 Å². The van der Waals surface area contributed by atoms with Crippen molar-refractivity contribution in [2.24, 2.45) is 0 Å². The van der Waals surface area contributed by atoms with Crippen molar-refractivity contribution in [3.05, 3.63) is 53.3 Å². The zero-order chi connectivity index (χ0) is 20.8. The lowest BCUT2D eigenvalue weighted by atomic mass is 9.96. The van der Waals surface area contributed by atoms with E-state index in [9.17, 15) is 13.2 Å². The van der Waals surface area contributed by atoms with Gasteiger partial charge in [-0.2, -0.15) is 0 Å². The SMILES string of the molecule is CCCCOc1ccc(-c2ccc(C3CCC(OCC)CO3)c(F)c2F)cc1F. The summed E-state index contributed by atoms with van der Waals surface area (Å²) in [5.74, 6) is -2.44. The van der Waals surface area contributed by atoms with E-state index in [0.717, 1.165) is 19.3 Å². The Kier molecular flexibility index (Phi) is 7.56. The van der Waals surface area contributed by atoms with Gasteiger partial charge < -0.3 is 14.2 Å². The van der Waals surface area contributed by atoms with Crippen LogP contribution in [-0.4, -0.2) is 25.9 Å². The van der Waals surface area contributed by atoms with Crippen LogP contribution in [0.5, 0.6) is 5.75 Å². The van der Waals surface area contributed by atoms with Crippen molar-refractivity contribution in [3.63, 3.8) is 0 Å². The van der Waals surface area contributed by atoms with Gasteiger partial charge in [-0.15, -0.1) is 0 Å². The summed E-state index contributed by atoms with van der Waals surface area (Å²) in [4.78, 5) is 0. The van der Waals surface area contributed by atoms with Crippen LogP contribution in [-0.2, 0) is 9.47 Å². The number of ether oxygens (including phenoxy) is 3. The molecule has 0 radical (unpaired) electrons. The number of rotatable bonds is 8. The predicted molar refractivity (Wildman–Crippen MR) is 105 cm³/mol. The fraction of sp³-hybridized carbons (Fsp3) is 0.478. The van der Waals surface area contributed by atoms with Gasteiger partial charge in [-0.05, 0) is 43.9 Å². The first kappa shape index (κ1) is 21.7. The van der Waals surface area contributed by atoms with Crippen molar-refractivity contribution in [1.29, 1.82) is 0 Å². The first-order valence-corrected chi connectivity index (χ1v) is 10.2. The molecule has 6 heteroatoms. The summed E-state index contributed by atoms with van der Waals surface area (Å²) >= 11 is 0. The van der Waals surface area contributed by atoms with Crippen LogP contribution in [0.3, 0.4) is 0 Å². The van der Waals surface area contributed by atoms with Crippen LogP contribution < -0.4 is 4.74 Å². The Morgan fingerprint density at radius 1 is 1.03 bits per heavy atom. The normalized spacial score (nSPS) is 19.3. The molecule has 2 aromatic carbocycles. The van der Waals surface area contributed by atoms with Crippen molar-refractivity contribution in [3.8, 4) is 16.9 Å². The minimum Gasteiger partial charge on any atom is -0.491 e. The fourth-order valence-corrected chi connectivity index (χ4v) is 3.49. The third kappa shape index (κ3) is 5.11. The Bertz CT molecular complexity index is 817. The monoisotopic (exact) mass is 408 g/mol. The molecule has 2 atom stereocenters. The van der Waals surface area contributed by atoms with E-state index in [-0.39, 0.29) is 28.5 Å². The van der Waals surface area contributed by atoms with Crippen LogP contribution in [0.4, 0.5) is 13.2 Å². The van der Waals surface area contributed by atoms with Crippen LogP contribution in [0.2, 0.25) is 0 Å². The first-order chi connectivity index (χ1) is 14.0. The number of benzene rings is 2. The van der Waals surface area contributed by atoms with Gasteiger partial charge in [-0.1, -0.05) is 31.5 Å². The minimum atomic E-state index is -1.00. The second-order valence-corrected chi connectivity index (χ2v) is 7.15. The Labute approximate surface area is 169 Å². The molecule has 3 rings (SSSR count). The summed E-state index contributed by atoms with van der Waals surface area (Å²) in [6.07, 6.45) is 2.51. The van der Waals surface area contributed by atoms with Gasteiger partial charge in [-0.25, -0.2) is 13.2 Å². The summed E-state index contributed by atoms with van der Waals surface area (Å²) < 4.78 is 60.4. The molecule has 1 aliphatic heterocycles. The lowest BCUT2D eigenvalue weighted by Gasteiger charge is -2.29. The molecule has 0 N–H and O–H groups in total. The maximum Gasteiger partial charge on any atom is 0.167 e. The Hall–Kier alpha value is -2.05. The minimum absolute atomic E-state index is 0.00765. The van der Waals surface area contributed by atoms with Crippen LogP contribution in [0, 0.1) is 17.5 Å². The zero-order valence-electron chi connectivity index (χ0n) is 16.8. The summed E-state index contributed by atoms with van der Waals surface area (Å²) in [6.45, 7) is 5.28. The van der Waals surface area contributed by atoms with Crippen molar-refractivity contribution in [2.45, 2.75) is 51.7 Å². The number of hydrogen-bond donors (Lipinski definition) is 0. The van der Waals surface area contributed by atoms with Crippen LogP contribution in [0.15, 0.2) is 30.3 Å². The van der Waals surface area contributed by atoms with E-state index in [1.54, 1.807) is 0 Å². The predicted octanol–water partition coefficient (Wildman–Crippen LogP) is 6.21. The second-order valence-electron chi connectivity index (χ2n) is 7.15. The average molecular weight is 408 g/mol. The van der Waals surface area contributed by atoms with Crippen LogP contribution >= 0.6 is 0 Å². The Morgan fingerprint density at radius 3 is 2.52 bits per heavy atom. The second kappa shape index (κ2) is 10.1. The lowest BCUT2D eigenvalue weighted by molar-refractivity contribution is -0.0850. The van der Waals surface area contributed by atoms with Gasteiger partial charge in [0.05, 0.1) is 25.4 Å². The van der Waals surface area contributed by atoms with Gasteiger partial charge in [0.25, 0.3) is 0 Å². The summed E-state index contributed by atoms with van der Waals surface area (Å²) in [5.41, 5.74) is 0.448. The Balaban J connectivity index is 1.77. The highest BCUT2D eigenvalue weighted by molar-refractivity contribution is 5.66. The molecule has 1 heterocycles. The van der Waals surface area contributed by atoms with Crippen molar-refractivity contribution >= 4 is 0 Å². The smallest absolute Gasteiger partial charge is 0.167 e. The average Bonchev–Trinajstić information content (AvgIpc) is 2.72. The van der Waals surface area contributed by atoms with Gasteiger partial charge in [-0.3, -0.25) is 0 Å².